The standard InChI is InChI=1S/C9H19BO2/c1-4-9(5-2)6(3)7(11)8(10)12-9/h6-8,11H,4-5,10H2,1-3H3/t6?,7?,8-/m1/s1. The van der Waals surface area contributed by atoms with E-state index in [1.54, 1.807) is 0 Å². The van der Waals surface area contributed by atoms with Crippen molar-refractivity contribution < 1.29 is 9.84 Å². The number of aliphatic hydroxyl groups excluding tert-OH is 1. The molecule has 12 heavy (non-hydrogen) atoms. The van der Waals surface area contributed by atoms with Gasteiger partial charge in [-0.15, -0.1) is 0 Å². The number of hydrogen-bond acceptors (Lipinski definition) is 2. The van der Waals surface area contributed by atoms with E-state index in [2.05, 4.69) is 20.8 Å². The van der Waals surface area contributed by atoms with Crippen molar-refractivity contribution >= 4 is 7.85 Å². The van der Waals surface area contributed by atoms with Crippen LogP contribution in [0.1, 0.15) is 33.6 Å². The van der Waals surface area contributed by atoms with Gasteiger partial charge in [-0.25, -0.2) is 0 Å². The smallest absolute Gasteiger partial charge is 0.142 e. The zero-order valence-electron chi connectivity index (χ0n) is 8.50. The molecule has 0 spiro atoms. The van der Waals surface area contributed by atoms with Crippen molar-refractivity contribution in [3.63, 3.8) is 0 Å². The minimum atomic E-state index is -0.287. The van der Waals surface area contributed by atoms with Crippen LogP contribution in [-0.2, 0) is 4.74 Å². The van der Waals surface area contributed by atoms with Crippen molar-refractivity contribution in [3.8, 4) is 0 Å². The van der Waals surface area contributed by atoms with Gasteiger partial charge >= 0.3 is 0 Å². The highest BCUT2D eigenvalue weighted by Crippen LogP contribution is 2.39. The van der Waals surface area contributed by atoms with Gasteiger partial charge in [0, 0.05) is 5.92 Å². The third-order valence-corrected chi connectivity index (χ3v) is 3.44. The van der Waals surface area contributed by atoms with Gasteiger partial charge in [-0.2, -0.15) is 0 Å². The minimum Gasteiger partial charge on any atom is -0.391 e. The number of aliphatic hydroxyl groups is 1. The fraction of sp³-hybridized carbons (Fsp3) is 1.00. The van der Waals surface area contributed by atoms with Crippen LogP contribution in [-0.4, -0.2) is 30.7 Å². The van der Waals surface area contributed by atoms with E-state index in [0.29, 0.717) is 0 Å². The average molecular weight is 170 g/mol. The SMILES string of the molecule is B[C@@H]1OC(CC)(CC)C(C)C1O. The molecule has 0 saturated carbocycles. The van der Waals surface area contributed by atoms with Crippen LogP contribution >= 0.6 is 0 Å². The summed E-state index contributed by atoms with van der Waals surface area (Å²) in [6.07, 6.45) is 1.70. The van der Waals surface area contributed by atoms with E-state index in [9.17, 15) is 5.11 Å². The van der Waals surface area contributed by atoms with Crippen molar-refractivity contribution in [1.82, 2.24) is 0 Å². The zero-order chi connectivity index (χ0) is 9.35. The Bertz CT molecular complexity index is 157. The summed E-state index contributed by atoms with van der Waals surface area (Å²) in [4.78, 5) is 0. The van der Waals surface area contributed by atoms with Crippen LogP contribution in [0.2, 0.25) is 0 Å². The summed E-state index contributed by atoms with van der Waals surface area (Å²) < 4.78 is 5.82. The fourth-order valence-electron chi connectivity index (χ4n) is 2.33. The molecule has 0 aliphatic carbocycles. The van der Waals surface area contributed by atoms with Gasteiger partial charge in [0.05, 0.1) is 17.7 Å². The molecular weight excluding hydrogens is 151 g/mol. The maximum absolute atomic E-state index is 9.74. The molecule has 2 nitrogen and oxygen atoms in total. The molecule has 0 radical (unpaired) electrons. The van der Waals surface area contributed by atoms with Gasteiger partial charge in [-0.1, -0.05) is 20.8 Å². The summed E-state index contributed by atoms with van der Waals surface area (Å²) in [6.45, 7) is 6.34. The second-order valence-electron chi connectivity index (χ2n) is 3.87. The van der Waals surface area contributed by atoms with Crippen LogP contribution in [0.3, 0.4) is 0 Å². The van der Waals surface area contributed by atoms with Gasteiger partial charge in [0.2, 0.25) is 0 Å². The molecule has 0 aromatic rings. The molecule has 0 bridgehead atoms. The van der Waals surface area contributed by atoms with E-state index in [-0.39, 0.29) is 23.6 Å². The molecule has 1 aliphatic heterocycles. The summed E-state index contributed by atoms with van der Waals surface area (Å²) in [5.41, 5.74) is -0.0706. The van der Waals surface area contributed by atoms with Crippen molar-refractivity contribution in [2.45, 2.75) is 51.3 Å². The van der Waals surface area contributed by atoms with Gasteiger partial charge in [-0.05, 0) is 12.8 Å². The molecule has 70 valence electrons. The molecule has 0 amide bonds. The third-order valence-electron chi connectivity index (χ3n) is 3.44. The lowest BCUT2D eigenvalue weighted by molar-refractivity contribution is -0.0374. The van der Waals surface area contributed by atoms with Crippen molar-refractivity contribution in [1.29, 1.82) is 0 Å². The largest absolute Gasteiger partial charge is 0.391 e. The molecule has 1 saturated heterocycles. The highest BCUT2D eigenvalue weighted by Gasteiger charge is 2.47. The van der Waals surface area contributed by atoms with Gasteiger partial charge in [0.15, 0.2) is 0 Å². The van der Waals surface area contributed by atoms with Crippen LogP contribution in [0.5, 0.6) is 0 Å². The third kappa shape index (κ3) is 1.29. The van der Waals surface area contributed by atoms with Gasteiger partial charge in [0.1, 0.15) is 7.85 Å². The Labute approximate surface area is 75.7 Å². The van der Waals surface area contributed by atoms with E-state index in [1.165, 1.54) is 0 Å². The average Bonchev–Trinajstić information content (AvgIpc) is 2.30. The molecule has 1 fully saturated rings. The lowest BCUT2D eigenvalue weighted by atomic mass is 9.80. The molecular formula is C9H19BO2. The highest BCUT2D eigenvalue weighted by molar-refractivity contribution is 6.11. The van der Waals surface area contributed by atoms with Crippen molar-refractivity contribution in [2.75, 3.05) is 0 Å². The predicted octanol–water partition coefficient (Wildman–Crippen LogP) is 0.532. The predicted molar refractivity (Wildman–Crippen MR) is 51.9 cm³/mol. The molecule has 3 atom stereocenters. The van der Waals surface area contributed by atoms with Gasteiger partial charge in [0.25, 0.3) is 0 Å². The van der Waals surface area contributed by atoms with Crippen molar-refractivity contribution in [2.24, 2.45) is 5.92 Å². The number of hydrogen-bond donors (Lipinski definition) is 1. The maximum Gasteiger partial charge on any atom is 0.142 e. The first-order chi connectivity index (χ1) is 5.57. The summed E-state index contributed by atoms with van der Waals surface area (Å²) in [7, 11) is 1.95. The monoisotopic (exact) mass is 170 g/mol. The molecule has 1 heterocycles. The first kappa shape index (κ1) is 10.1. The van der Waals surface area contributed by atoms with E-state index in [4.69, 9.17) is 4.74 Å². The fourth-order valence-corrected chi connectivity index (χ4v) is 2.33. The first-order valence-corrected chi connectivity index (χ1v) is 4.93. The molecule has 1 N–H and O–H groups in total. The van der Waals surface area contributed by atoms with Gasteiger partial charge in [-0.3, -0.25) is 0 Å². The van der Waals surface area contributed by atoms with Crippen molar-refractivity contribution in [3.05, 3.63) is 0 Å². The molecule has 3 heteroatoms. The quantitative estimate of drug-likeness (QED) is 0.612. The van der Waals surface area contributed by atoms with Crippen LogP contribution in [0.15, 0.2) is 0 Å². The minimum absolute atomic E-state index is 0.0000926. The lowest BCUT2D eigenvalue weighted by Gasteiger charge is -2.30. The van der Waals surface area contributed by atoms with Crippen LogP contribution in [0.4, 0.5) is 0 Å². The molecule has 1 aliphatic rings. The summed E-state index contributed by atoms with van der Waals surface area (Å²) in [5.74, 6) is 0.266. The number of rotatable bonds is 2. The lowest BCUT2D eigenvalue weighted by Crippen LogP contribution is -2.35. The van der Waals surface area contributed by atoms with E-state index >= 15 is 0 Å². The van der Waals surface area contributed by atoms with Gasteiger partial charge < -0.3 is 9.84 Å². The Balaban J connectivity index is 2.79. The first-order valence-electron chi connectivity index (χ1n) is 4.93. The normalized spacial score (nSPS) is 40.2. The van der Waals surface area contributed by atoms with E-state index in [1.807, 2.05) is 7.85 Å². The second kappa shape index (κ2) is 3.39. The highest BCUT2D eigenvalue weighted by atomic mass is 16.5. The zero-order valence-corrected chi connectivity index (χ0v) is 8.50. The molecule has 1 rings (SSSR count). The Kier molecular flexibility index (Phi) is 2.84. The maximum atomic E-state index is 9.74. The summed E-state index contributed by atoms with van der Waals surface area (Å²) in [5, 5.41) is 9.74. The molecule has 2 unspecified atom stereocenters. The van der Waals surface area contributed by atoms with E-state index in [0.717, 1.165) is 12.8 Å². The van der Waals surface area contributed by atoms with Crippen LogP contribution in [0, 0.1) is 5.92 Å². The Hall–Kier alpha value is -0.0151. The summed E-state index contributed by atoms with van der Waals surface area (Å²) in [6, 6.07) is -0.0000926. The topological polar surface area (TPSA) is 29.5 Å². The molecule has 0 aromatic heterocycles. The second-order valence-corrected chi connectivity index (χ2v) is 3.87. The Morgan fingerprint density at radius 2 is 1.92 bits per heavy atom. The van der Waals surface area contributed by atoms with Crippen LogP contribution < -0.4 is 0 Å². The summed E-state index contributed by atoms with van der Waals surface area (Å²) >= 11 is 0. The Morgan fingerprint density at radius 1 is 1.42 bits per heavy atom. The van der Waals surface area contributed by atoms with Crippen LogP contribution in [0.25, 0.3) is 0 Å². The number of ether oxygens (including phenoxy) is 1. The molecule has 0 aromatic carbocycles. The van der Waals surface area contributed by atoms with E-state index < -0.39 is 0 Å². The Morgan fingerprint density at radius 3 is 2.08 bits per heavy atom.